The molecule has 9 nitrogen and oxygen atoms in total. The Hall–Kier alpha value is -4.58. The Balaban J connectivity index is 1.30. The van der Waals surface area contributed by atoms with Gasteiger partial charge in [0.1, 0.15) is 16.6 Å². The summed E-state index contributed by atoms with van der Waals surface area (Å²) in [6, 6.07) is 28.3. The molecule has 47 heavy (non-hydrogen) atoms. The van der Waals surface area contributed by atoms with Crippen LogP contribution in [0, 0.1) is 11.3 Å². The van der Waals surface area contributed by atoms with E-state index in [1.165, 1.54) is 12.5 Å². The first-order valence-corrected chi connectivity index (χ1v) is 17.5. The molecule has 5 N–H and O–H groups in total. The fourth-order valence-corrected chi connectivity index (χ4v) is 6.83. The van der Waals surface area contributed by atoms with Crippen molar-refractivity contribution in [3.8, 4) is 16.9 Å². The zero-order valence-corrected chi connectivity index (χ0v) is 27.9. The fourth-order valence-electron chi connectivity index (χ4n) is 5.84. The van der Waals surface area contributed by atoms with Crippen LogP contribution in [0.25, 0.3) is 11.1 Å². The van der Waals surface area contributed by atoms with Crippen molar-refractivity contribution in [3.63, 3.8) is 0 Å². The summed E-state index contributed by atoms with van der Waals surface area (Å²) in [4.78, 5) is 16.0. The minimum Gasteiger partial charge on any atom is -0.497 e. The highest BCUT2D eigenvalue weighted by Gasteiger charge is 2.22. The highest BCUT2D eigenvalue weighted by molar-refractivity contribution is 7.89. The van der Waals surface area contributed by atoms with E-state index in [1.807, 2.05) is 53.4 Å². The molecule has 4 aromatic rings. The Morgan fingerprint density at radius 1 is 0.936 bits per heavy atom. The van der Waals surface area contributed by atoms with Crippen LogP contribution in [0.3, 0.4) is 0 Å². The molecular formula is C36H39N5O4S2. The van der Waals surface area contributed by atoms with Gasteiger partial charge in [0, 0.05) is 35.5 Å². The van der Waals surface area contributed by atoms with Gasteiger partial charge < -0.3 is 20.3 Å². The van der Waals surface area contributed by atoms with Gasteiger partial charge in [0.05, 0.1) is 12.0 Å². The number of primary sulfonamides is 1. The summed E-state index contributed by atoms with van der Waals surface area (Å²) >= 11 is 5.54. The maximum Gasteiger partial charge on any atom is 0.322 e. The largest absolute Gasteiger partial charge is 0.497 e. The van der Waals surface area contributed by atoms with E-state index in [2.05, 4.69) is 10.6 Å². The lowest BCUT2D eigenvalue weighted by atomic mass is 9.89. The molecule has 0 radical (unpaired) electrons. The molecule has 2 amide bonds. The van der Waals surface area contributed by atoms with E-state index < -0.39 is 10.0 Å². The summed E-state index contributed by atoms with van der Waals surface area (Å²) < 4.78 is 29.4. The Labute approximate surface area is 281 Å². The number of hydrogen-bond donors (Lipinski definition) is 4. The van der Waals surface area contributed by atoms with Gasteiger partial charge in [-0.3, -0.25) is 5.41 Å². The number of carbonyl (C=O) groups excluding carboxylic acids is 1. The molecule has 0 bridgehead atoms. The van der Waals surface area contributed by atoms with Crippen molar-refractivity contribution in [1.82, 2.24) is 10.2 Å². The van der Waals surface area contributed by atoms with E-state index in [0.29, 0.717) is 46.4 Å². The number of thiocarbonyl (C=S) groups is 1. The van der Waals surface area contributed by atoms with Crippen LogP contribution in [0.4, 0.5) is 10.5 Å². The predicted molar refractivity (Wildman–Crippen MR) is 190 cm³/mol. The average molecular weight is 670 g/mol. The molecule has 0 aromatic heterocycles. The minimum absolute atomic E-state index is 0.0449. The van der Waals surface area contributed by atoms with Gasteiger partial charge in [0.25, 0.3) is 0 Å². The maximum absolute atomic E-state index is 13.7. The van der Waals surface area contributed by atoms with Gasteiger partial charge in [0.15, 0.2) is 0 Å². The summed E-state index contributed by atoms with van der Waals surface area (Å²) in [7, 11) is -2.30. The molecule has 244 valence electrons. The zero-order chi connectivity index (χ0) is 33.4. The maximum atomic E-state index is 13.7. The van der Waals surface area contributed by atoms with Crippen LogP contribution in [-0.2, 0) is 16.6 Å². The highest BCUT2D eigenvalue weighted by atomic mass is 32.2. The molecule has 11 heteroatoms. The molecule has 0 aliphatic heterocycles. The summed E-state index contributed by atoms with van der Waals surface area (Å²) in [5.41, 5.74) is 4.09. The van der Waals surface area contributed by atoms with Gasteiger partial charge in [-0.1, -0.05) is 80.0 Å². The van der Waals surface area contributed by atoms with Crippen molar-refractivity contribution in [3.05, 3.63) is 114 Å². The van der Waals surface area contributed by atoms with E-state index in [0.717, 1.165) is 42.6 Å². The number of sulfonamides is 1. The molecule has 1 aliphatic rings. The molecule has 1 aliphatic carbocycles. The molecule has 1 saturated carbocycles. The number of anilines is 1. The van der Waals surface area contributed by atoms with Crippen molar-refractivity contribution < 1.29 is 17.9 Å². The van der Waals surface area contributed by atoms with Gasteiger partial charge in [-0.15, -0.1) is 0 Å². The molecule has 0 saturated heterocycles. The van der Waals surface area contributed by atoms with Crippen LogP contribution < -0.4 is 20.5 Å². The van der Waals surface area contributed by atoms with Crippen molar-refractivity contribution in [2.75, 3.05) is 19.0 Å². The number of rotatable bonds is 10. The fraction of sp³-hybridized carbons (Fsp3) is 0.250. The van der Waals surface area contributed by atoms with Crippen molar-refractivity contribution >= 4 is 44.8 Å². The van der Waals surface area contributed by atoms with Gasteiger partial charge in [-0.2, -0.15) is 0 Å². The second-order valence-electron chi connectivity index (χ2n) is 11.7. The molecule has 0 heterocycles. The Kier molecular flexibility index (Phi) is 11.0. The third kappa shape index (κ3) is 9.03. The zero-order valence-electron chi connectivity index (χ0n) is 26.2. The Bertz CT molecular complexity index is 1840. The number of urea groups is 1. The second kappa shape index (κ2) is 15.3. The van der Waals surface area contributed by atoms with E-state index in [-0.39, 0.29) is 16.8 Å². The van der Waals surface area contributed by atoms with Gasteiger partial charge in [0.2, 0.25) is 10.0 Å². The van der Waals surface area contributed by atoms with Crippen LogP contribution in [0.2, 0.25) is 0 Å². The molecule has 0 unspecified atom stereocenters. The van der Waals surface area contributed by atoms with Crippen LogP contribution in [-0.4, -0.2) is 43.8 Å². The number of amidine groups is 1. The highest BCUT2D eigenvalue weighted by Crippen LogP contribution is 2.29. The van der Waals surface area contributed by atoms with E-state index in [4.69, 9.17) is 27.5 Å². The number of nitrogens with one attached hydrogen (secondary N) is 3. The summed E-state index contributed by atoms with van der Waals surface area (Å²) in [5.74, 6) is 1.31. The Morgan fingerprint density at radius 3 is 2.32 bits per heavy atom. The lowest BCUT2D eigenvalue weighted by molar-refractivity contribution is 0.187. The average Bonchev–Trinajstić information content (AvgIpc) is 3.08. The summed E-state index contributed by atoms with van der Waals surface area (Å²) in [6.45, 7) is 0.985. The first-order chi connectivity index (χ1) is 22.6. The number of ether oxygens (including phenoxy) is 1. The lowest BCUT2D eigenvalue weighted by Gasteiger charge is -2.30. The number of hydrogen-bond acceptors (Lipinski definition) is 6. The third-order valence-electron chi connectivity index (χ3n) is 8.31. The third-order valence-corrected chi connectivity index (χ3v) is 9.62. The van der Waals surface area contributed by atoms with E-state index in [9.17, 15) is 13.2 Å². The standard InChI is InChI=1S/C36H39N5O4S2/c1-45-31-20-16-28(17-21-31)35(46)40-34(37)29-11-7-10-26(22-29)24-41(23-25-8-3-2-4-9-25)36(42)39-30-18-14-27(15-19-30)32-12-5-6-13-33(32)47(38,43)44/h5-7,10-22,25H,2-4,8-9,23-24H2,1H3,(H,39,42)(H2,37,40,46)(H2,38,43,44). The second-order valence-corrected chi connectivity index (χ2v) is 13.6. The monoisotopic (exact) mass is 669 g/mol. The van der Waals surface area contributed by atoms with Gasteiger partial charge in [-0.05, 0) is 78.4 Å². The Morgan fingerprint density at radius 2 is 1.64 bits per heavy atom. The molecular weight excluding hydrogens is 631 g/mol. The van der Waals surface area contributed by atoms with Gasteiger partial charge in [-0.25, -0.2) is 18.4 Å². The quantitative estimate of drug-likeness (QED) is 0.0823. The van der Waals surface area contributed by atoms with Crippen molar-refractivity contribution in [1.29, 1.82) is 5.41 Å². The number of nitrogens with zero attached hydrogens (tertiary/aromatic N) is 1. The van der Waals surface area contributed by atoms with Crippen LogP contribution >= 0.6 is 12.2 Å². The van der Waals surface area contributed by atoms with E-state index >= 15 is 0 Å². The first kappa shape index (κ1) is 33.8. The minimum atomic E-state index is -3.90. The predicted octanol–water partition coefficient (Wildman–Crippen LogP) is 6.91. The van der Waals surface area contributed by atoms with Crippen LogP contribution in [0.1, 0.15) is 48.8 Å². The SMILES string of the molecule is COc1ccc(C(=S)NC(=N)c2cccc(CN(CC3CCCCC3)C(=O)Nc3ccc(-c4ccccc4S(N)(=O)=O)cc3)c2)cc1. The van der Waals surface area contributed by atoms with Crippen LogP contribution in [0.5, 0.6) is 5.75 Å². The number of carbonyl (C=O) groups is 1. The number of nitrogens with two attached hydrogens (primary N) is 1. The van der Waals surface area contributed by atoms with E-state index in [1.54, 1.807) is 49.6 Å². The summed E-state index contributed by atoms with van der Waals surface area (Å²) in [5, 5.41) is 20.2. The number of amides is 2. The smallest absolute Gasteiger partial charge is 0.322 e. The molecule has 0 atom stereocenters. The normalized spacial score (nSPS) is 13.4. The first-order valence-electron chi connectivity index (χ1n) is 15.5. The number of benzene rings is 4. The lowest BCUT2D eigenvalue weighted by Crippen LogP contribution is -2.38. The van der Waals surface area contributed by atoms with Crippen molar-refractivity contribution in [2.24, 2.45) is 11.1 Å². The van der Waals surface area contributed by atoms with Crippen LogP contribution in [0.15, 0.2) is 102 Å². The molecule has 1 fully saturated rings. The summed E-state index contributed by atoms with van der Waals surface area (Å²) in [6.07, 6.45) is 5.71. The molecule has 4 aromatic carbocycles. The molecule has 5 rings (SSSR count). The topological polar surface area (TPSA) is 138 Å². The van der Waals surface area contributed by atoms with Gasteiger partial charge >= 0.3 is 6.03 Å². The number of methoxy groups -OCH3 is 1. The van der Waals surface area contributed by atoms with Crippen molar-refractivity contribution in [2.45, 2.75) is 43.5 Å². The molecule has 0 spiro atoms.